The van der Waals surface area contributed by atoms with E-state index in [0.717, 1.165) is 25.3 Å². The molecule has 0 aromatic heterocycles. The van der Waals surface area contributed by atoms with Crippen molar-refractivity contribution in [2.24, 2.45) is 0 Å². The highest BCUT2D eigenvalue weighted by Gasteiger charge is 2.29. The molecule has 1 unspecified atom stereocenters. The Kier molecular flexibility index (Phi) is 4.48. The number of benzene rings is 1. The summed E-state index contributed by atoms with van der Waals surface area (Å²) < 4.78 is 5.37. The summed E-state index contributed by atoms with van der Waals surface area (Å²) in [5.74, 6) is 0.995. The third kappa shape index (κ3) is 3.71. The lowest BCUT2D eigenvalue weighted by Crippen LogP contribution is -2.31. The van der Waals surface area contributed by atoms with Crippen molar-refractivity contribution >= 4 is 0 Å². The molecule has 19 heavy (non-hydrogen) atoms. The fraction of sp³-hybridized carbons (Fsp3) is 0.625. The quantitative estimate of drug-likeness (QED) is 0.855. The molecule has 0 radical (unpaired) electrons. The summed E-state index contributed by atoms with van der Waals surface area (Å²) in [6.45, 7) is 8.68. The molecule has 1 fully saturated rings. The molecule has 0 spiro atoms. The van der Waals surface area contributed by atoms with Crippen LogP contribution in [0.15, 0.2) is 18.2 Å². The van der Waals surface area contributed by atoms with Crippen molar-refractivity contribution in [3.05, 3.63) is 29.3 Å². The minimum Gasteiger partial charge on any atom is -0.496 e. The van der Waals surface area contributed by atoms with Gasteiger partial charge in [0.05, 0.1) is 7.11 Å². The number of rotatable bonds is 5. The predicted octanol–water partition coefficient (Wildman–Crippen LogP) is 2.49. The Bertz CT molecular complexity index is 429. The molecule has 1 aromatic rings. The van der Waals surface area contributed by atoms with E-state index in [9.17, 15) is 0 Å². The average molecular weight is 262 g/mol. The van der Waals surface area contributed by atoms with E-state index in [4.69, 9.17) is 4.74 Å². The molecular formula is C16H26N2O. The Morgan fingerprint density at radius 1 is 1.42 bits per heavy atom. The van der Waals surface area contributed by atoms with Gasteiger partial charge in [-0.05, 0) is 43.9 Å². The summed E-state index contributed by atoms with van der Waals surface area (Å²) >= 11 is 0. The molecule has 0 aliphatic carbocycles. The van der Waals surface area contributed by atoms with Gasteiger partial charge in [0, 0.05) is 24.7 Å². The average Bonchev–Trinajstić information content (AvgIpc) is 2.75. The van der Waals surface area contributed by atoms with Gasteiger partial charge in [-0.2, -0.15) is 0 Å². The zero-order chi connectivity index (χ0) is 13.9. The van der Waals surface area contributed by atoms with Gasteiger partial charge in [0.15, 0.2) is 0 Å². The smallest absolute Gasteiger partial charge is 0.122 e. The summed E-state index contributed by atoms with van der Waals surface area (Å²) in [6.07, 6.45) is 2.19. The maximum atomic E-state index is 5.37. The molecule has 106 valence electrons. The molecule has 3 heteroatoms. The highest BCUT2D eigenvalue weighted by molar-refractivity contribution is 5.37. The first-order valence-electron chi connectivity index (χ1n) is 7.18. The van der Waals surface area contributed by atoms with Crippen LogP contribution in [0.3, 0.4) is 0 Å². The van der Waals surface area contributed by atoms with Gasteiger partial charge in [-0.1, -0.05) is 19.1 Å². The maximum absolute atomic E-state index is 5.37. The monoisotopic (exact) mass is 262 g/mol. The van der Waals surface area contributed by atoms with Crippen LogP contribution in [0.25, 0.3) is 0 Å². The van der Waals surface area contributed by atoms with Gasteiger partial charge in [-0.25, -0.2) is 0 Å². The van der Waals surface area contributed by atoms with Crippen molar-refractivity contribution in [2.45, 2.75) is 51.7 Å². The number of aryl methyl sites for hydroxylation is 1. The second-order valence-electron chi connectivity index (χ2n) is 6.05. The molecule has 3 nitrogen and oxygen atoms in total. The lowest BCUT2D eigenvalue weighted by molar-refractivity contribution is 0.409. The Labute approximate surface area is 116 Å². The van der Waals surface area contributed by atoms with Crippen LogP contribution in [-0.4, -0.2) is 25.2 Å². The molecule has 1 heterocycles. The summed E-state index contributed by atoms with van der Waals surface area (Å²) in [5.41, 5.74) is 2.89. The number of nitrogens with one attached hydrogen (secondary N) is 2. The standard InChI is InChI=1S/C16H26N2O/c1-5-13-8-12(6-7-15(13)19-4)10-17-14-9-16(2,3)18-11-14/h6-8,14,17-18H,5,9-11H2,1-4H3. The Balaban J connectivity index is 1.93. The highest BCUT2D eigenvalue weighted by Crippen LogP contribution is 2.21. The summed E-state index contributed by atoms with van der Waals surface area (Å²) in [4.78, 5) is 0. The van der Waals surface area contributed by atoms with E-state index in [0.29, 0.717) is 6.04 Å². The van der Waals surface area contributed by atoms with Gasteiger partial charge in [-0.3, -0.25) is 0 Å². The van der Waals surface area contributed by atoms with E-state index >= 15 is 0 Å². The molecule has 1 aliphatic rings. The minimum atomic E-state index is 0.270. The van der Waals surface area contributed by atoms with Gasteiger partial charge >= 0.3 is 0 Å². The molecule has 1 saturated heterocycles. The molecule has 0 saturated carbocycles. The molecule has 1 aromatic carbocycles. The Morgan fingerprint density at radius 2 is 2.21 bits per heavy atom. The van der Waals surface area contributed by atoms with E-state index in [1.54, 1.807) is 7.11 Å². The van der Waals surface area contributed by atoms with Gasteiger partial charge in [-0.15, -0.1) is 0 Å². The molecule has 2 N–H and O–H groups in total. The van der Waals surface area contributed by atoms with E-state index in [-0.39, 0.29) is 5.54 Å². The van der Waals surface area contributed by atoms with Crippen molar-refractivity contribution in [2.75, 3.05) is 13.7 Å². The second-order valence-corrected chi connectivity index (χ2v) is 6.05. The first kappa shape index (κ1) is 14.4. The van der Waals surface area contributed by atoms with Crippen molar-refractivity contribution in [1.29, 1.82) is 0 Å². The lowest BCUT2D eigenvalue weighted by atomic mass is 10.0. The Hall–Kier alpha value is -1.06. The van der Waals surface area contributed by atoms with Crippen molar-refractivity contribution in [1.82, 2.24) is 10.6 Å². The topological polar surface area (TPSA) is 33.3 Å². The normalized spacial score (nSPS) is 21.6. The zero-order valence-electron chi connectivity index (χ0n) is 12.5. The van der Waals surface area contributed by atoms with Crippen LogP contribution in [0.1, 0.15) is 38.3 Å². The third-order valence-electron chi connectivity index (χ3n) is 3.90. The predicted molar refractivity (Wildman–Crippen MR) is 79.7 cm³/mol. The number of hydrogen-bond donors (Lipinski definition) is 2. The highest BCUT2D eigenvalue weighted by atomic mass is 16.5. The van der Waals surface area contributed by atoms with Crippen LogP contribution in [0.5, 0.6) is 5.75 Å². The molecule has 1 atom stereocenters. The zero-order valence-corrected chi connectivity index (χ0v) is 12.5. The number of hydrogen-bond acceptors (Lipinski definition) is 3. The van der Waals surface area contributed by atoms with Gasteiger partial charge in [0.1, 0.15) is 5.75 Å². The second kappa shape index (κ2) is 5.93. The summed E-state index contributed by atoms with van der Waals surface area (Å²) in [6, 6.07) is 7.05. The first-order chi connectivity index (χ1) is 9.04. The molecule has 0 amide bonds. The van der Waals surface area contributed by atoms with Gasteiger partial charge < -0.3 is 15.4 Å². The molecular weight excluding hydrogens is 236 g/mol. The van der Waals surface area contributed by atoms with Gasteiger partial charge in [0.25, 0.3) is 0 Å². The number of methoxy groups -OCH3 is 1. The summed E-state index contributed by atoms with van der Waals surface area (Å²) in [7, 11) is 1.73. The van der Waals surface area contributed by atoms with Crippen LogP contribution in [0.4, 0.5) is 0 Å². The fourth-order valence-electron chi connectivity index (χ4n) is 2.78. The van der Waals surface area contributed by atoms with Crippen molar-refractivity contribution in [3.63, 3.8) is 0 Å². The lowest BCUT2D eigenvalue weighted by Gasteiger charge is -2.18. The largest absolute Gasteiger partial charge is 0.496 e. The molecule has 0 bridgehead atoms. The van der Waals surface area contributed by atoms with E-state index < -0.39 is 0 Å². The van der Waals surface area contributed by atoms with Crippen LogP contribution in [0, 0.1) is 0 Å². The molecule has 2 rings (SSSR count). The SMILES string of the molecule is CCc1cc(CNC2CNC(C)(C)C2)ccc1OC. The minimum absolute atomic E-state index is 0.270. The van der Waals surface area contributed by atoms with E-state index in [1.807, 2.05) is 0 Å². The van der Waals surface area contributed by atoms with Crippen molar-refractivity contribution in [3.8, 4) is 5.75 Å². The fourth-order valence-corrected chi connectivity index (χ4v) is 2.78. The molecule has 1 aliphatic heterocycles. The van der Waals surface area contributed by atoms with Crippen LogP contribution in [-0.2, 0) is 13.0 Å². The van der Waals surface area contributed by atoms with Crippen molar-refractivity contribution < 1.29 is 4.74 Å². The number of ether oxygens (including phenoxy) is 1. The maximum Gasteiger partial charge on any atom is 0.122 e. The third-order valence-corrected chi connectivity index (χ3v) is 3.90. The Morgan fingerprint density at radius 3 is 2.79 bits per heavy atom. The summed E-state index contributed by atoms with van der Waals surface area (Å²) in [5, 5.41) is 7.18. The van der Waals surface area contributed by atoms with Crippen LogP contribution in [0.2, 0.25) is 0 Å². The van der Waals surface area contributed by atoms with Gasteiger partial charge in [0.2, 0.25) is 0 Å². The van der Waals surface area contributed by atoms with Crippen LogP contribution < -0.4 is 15.4 Å². The first-order valence-corrected chi connectivity index (χ1v) is 7.18. The van der Waals surface area contributed by atoms with E-state index in [2.05, 4.69) is 49.6 Å². The van der Waals surface area contributed by atoms with E-state index in [1.165, 1.54) is 17.5 Å². The van der Waals surface area contributed by atoms with Crippen LogP contribution >= 0.6 is 0 Å².